The van der Waals surface area contributed by atoms with Crippen molar-refractivity contribution < 1.29 is 14.6 Å². The van der Waals surface area contributed by atoms with Crippen LogP contribution in [0, 0.1) is 0 Å². The van der Waals surface area contributed by atoms with Crippen LogP contribution in [0.4, 0.5) is 0 Å². The number of ether oxygens (including phenoxy) is 1. The van der Waals surface area contributed by atoms with Gasteiger partial charge in [-0.1, -0.05) is 24.3 Å². The predicted octanol–water partition coefficient (Wildman–Crippen LogP) is 1.22. The molecule has 0 rings (SSSR count). The van der Waals surface area contributed by atoms with Crippen molar-refractivity contribution in [2.75, 3.05) is 6.61 Å². The van der Waals surface area contributed by atoms with Gasteiger partial charge < -0.3 is 9.84 Å². The van der Waals surface area contributed by atoms with Crippen LogP contribution in [-0.4, -0.2) is 23.8 Å². The van der Waals surface area contributed by atoms with Crippen molar-refractivity contribution in [3.05, 3.63) is 23.8 Å². The molecule has 0 saturated heterocycles. The van der Waals surface area contributed by atoms with E-state index in [1.165, 1.54) is 19.1 Å². The van der Waals surface area contributed by atoms with Gasteiger partial charge in [0.15, 0.2) is 0 Å². The summed E-state index contributed by atoms with van der Waals surface area (Å²) in [5, 5.41) is 8.70. The van der Waals surface area contributed by atoms with Crippen molar-refractivity contribution in [1.29, 1.82) is 0 Å². The Morgan fingerprint density at radius 1 is 1.83 bits per heavy atom. The largest absolute Gasteiger partial charge is 0.459 e. The number of hydrogen-bond donors (Lipinski definition) is 1. The van der Waals surface area contributed by atoms with Crippen molar-refractivity contribution in [2.24, 2.45) is 0 Å². The van der Waals surface area contributed by atoms with Crippen molar-refractivity contribution >= 4 is 17.6 Å². The van der Waals surface area contributed by atoms with E-state index in [1.54, 1.807) is 0 Å². The Kier molecular flexibility index (Phi) is 5.41. The number of hydrogen-bond acceptors (Lipinski definition) is 3. The highest BCUT2D eigenvalue weighted by atomic mass is 35.5. The van der Waals surface area contributed by atoms with Crippen LogP contribution in [0.1, 0.15) is 6.92 Å². The lowest BCUT2D eigenvalue weighted by molar-refractivity contribution is -0.140. The van der Waals surface area contributed by atoms with Crippen molar-refractivity contribution in [1.82, 2.24) is 0 Å². The van der Waals surface area contributed by atoms with E-state index in [1.807, 2.05) is 0 Å². The van der Waals surface area contributed by atoms with Gasteiger partial charge in [0.25, 0.3) is 0 Å². The van der Waals surface area contributed by atoms with Gasteiger partial charge >= 0.3 is 5.97 Å². The molecule has 3 nitrogen and oxygen atoms in total. The first-order valence-electron chi connectivity index (χ1n) is 3.41. The molecule has 4 heteroatoms. The Labute approximate surface area is 76.3 Å². The molecule has 0 bridgehead atoms. The Hall–Kier alpha value is -0.800. The lowest BCUT2D eigenvalue weighted by Crippen LogP contribution is -2.15. The van der Waals surface area contributed by atoms with Gasteiger partial charge in [-0.2, -0.15) is 0 Å². The van der Waals surface area contributed by atoms with E-state index in [0.29, 0.717) is 0 Å². The fraction of sp³-hybridized carbons (Fsp3) is 0.375. The summed E-state index contributed by atoms with van der Waals surface area (Å²) in [6.45, 7) is 4.82. The second-order valence-corrected chi connectivity index (χ2v) is 2.60. The highest BCUT2D eigenvalue weighted by Gasteiger charge is 2.07. The van der Waals surface area contributed by atoms with Gasteiger partial charge in [0, 0.05) is 0 Å². The molecule has 0 aliphatic rings. The Bertz CT molecular complexity index is 196. The summed E-state index contributed by atoms with van der Waals surface area (Å²) in [5.74, 6) is -0.655. The molecule has 0 amide bonds. The minimum atomic E-state index is -0.679. The first kappa shape index (κ1) is 11.2. The number of aliphatic hydroxyl groups is 1. The summed E-state index contributed by atoms with van der Waals surface area (Å²) < 4.78 is 4.58. The maximum Gasteiger partial charge on any atom is 0.349 e. The molecule has 1 N–H and O–H groups in total. The first-order valence-corrected chi connectivity index (χ1v) is 3.79. The Morgan fingerprint density at radius 2 is 2.42 bits per heavy atom. The first-order chi connectivity index (χ1) is 5.57. The van der Waals surface area contributed by atoms with Crippen LogP contribution in [-0.2, 0) is 9.53 Å². The van der Waals surface area contributed by atoms with Crippen LogP contribution >= 0.6 is 11.6 Å². The molecule has 0 aromatic heterocycles. The highest BCUT2D eigenvalue weighted by Crippen LogP contribution is 2.04. The molecule has 0 saturated carbocycles. The van der Waals surface area contributed by atoms with Crippen molar-refractivity contribution in [3.8, 4) is 0 Å². The second-order valence-electron chi connectivity index (χ2n) is 2.20. The average Bonchev–Trinajstić information content (AvgIpc) is 2.00. The number of esters is 1. The maximum atomic E-state index is 10.9. The average molecular weight is 191 g/mol. The molecule has 0 heterocycles. The molecule has 0 aromatic carbocycles. The van der Waals surface area contributed by atoms with Gasteiger partial charge in [-0.15, -0.1) is 0 Å². The minimum Gasteiger partial charge on any atom is -0.459 e. The minimum absolute atomic E-state index is 0.0503. The number of carbonyl (C=O) groups excluding carboxylic acids is 1. The zero-order valence-corrected chi connectivity index (χ0v) is 7.54. The molecule has 1 atom stereocenters. The van der Waals surface area contributed by atoms with Crippen LogP contribution < -0.4 is 0 Å². The molecule has 0 fully saturated rings. The lowest BCUT2D eigenvalue weighted by Gasteiger charge is -2.04. The summed E-state index contributed by atoms with van der Waals surface area (Å²) in [4.78, 5) is 10.9. The number of allylic oxidation sites excluding steroid dienone is 2. The predicted molar refractivity (Wildman–Crippen MR) is 46.8 cm³/mol. The number of rotatable bonds is 4. The summed E-state index contributed by atoms with van der Waals surface area (Å²) in [5.41, 5.74) is 0. The van der Waals surface area contributed by atoms with Crippen molar-refractivity contribution in [2.45, 2.75) is 13.0 Å². The molecule has 0 aliphatic heterocycles. The third-order valence-corrected chi connectivity index (χ3v) is 1.20. The number of aliphatic hydroxyl groups excluding tert-OH is 1. The number of halogens is 1. The van der Waals surface area contributed by atoms with Gasteiger partial charge in [-0.25, -0.2) is 4.79 Å². The molecular weight excluding hydrogens is 180 g/mol. The van der Waals surface area contributed by atoms with E-state index in [4.69, 9.17) is 16.7 Å². The third kappa shape index (κ3) is 4.93. The fourth-order valence-corrected chi connectivity index (χ4v) is 0.580. The van der Waals surface area contributed by atoms with E-state index in [9.17, 15) is 4.79 Å². The topological polar surface area (TPSA) is 46.5 Å². The molecule has 0 aromatic rings. The quantitative estimate of drug-likeness (QED) is 0.412. The normalized spacial score (nSPS) is 13.8. The summed E-state index contributed by atoms with van der Waals surface area (Å²) >= 11 is 5.45. The standard InChI is InChI=1S/C8H11ClO3/c1-3-4-7(9)8(11)12-5-6(2)10/h3-4,6,10H,1,5H2,2H3/b7-4-. The monoisotopic (exact) mass is 190 g/mol. The maximum absolute atomic E-state index is 10.9. The summed E-state index contributed by atoms with van der Waals surface area (Å²) in [7, 11) is 0. The lowest BCUT2D eigenvalue weighted by atomic mass is 10.4. The SMILES string of the molecule is C=C/C=C(\Cl)C(=O)OCC(C)O. The van der Waals surface area contributed by atoms with Gasteiger partial charge in [0.1, 0.15) is 11.6 Å². The third-order valence-electron chi connectivity index (χ3n) is 0.915. The van der Waals surface area contributed by atoms with E-state index < -0.39 is 12.1 Å². The summed E-state index contributed by atoms with van der Waals surface area (Å²) in [6, 6.07) is 0. The van der Waals surface area contributed by atoms with Crippen LogP contribution in [0.15, 0.2) is 23.8 Å². The number of carbonyl (C=O) groups is 1. The van der Waals surface area contributed by atoms with Crippen LogP contribution in [0.5, 0.6) is 0 Å². The zero-order chi connectivity index (χ0) is 9.56. The molecule has 1 unspecified atom stereocenters. The Morgan fingerprint density at radius 3 is 2.83 bits per heavy atom. The van der Waals surface area contributed by atoms with E-state index in [-0.39, 0.29) is 11.6 Å². The zero-order valence-electron chi connectivity index (χ0n) is 6.79. The van der Waals surface area contributed by atoms with E-state index in [0.717, 1.165) is 0 Å². The second kappa shape index (κ2) is 5.80. The van der Waals surface area contributed by atoms with Crippen LogP contribution in [0.2, 0.25) is 0 Å². The Balaban J connectivity index is 3.88. The molecule has 68 valence electrons. The molecule has 0 spiro atoms. The smallest absolute Gasteiger partial charge is 0.349 e. The van der Waals surface area contributed by atoms with Crippen molar-refractivity contribution in [3.63, 3.8) is 0 Å². The molecule has 12 heavy (non-hydrogen) atoms. The van der Waals surface area contributed by atoms with E-state index in [2.05, 4.69) is 11.3 Å². The van der Waals surface area contributed by atoms with Crippen LogP contribution in [0.3, 0.4) is 0 Å². The van der Waals surface area contributed by atoms with Gasteiger partial charge in [-0.05, 0) is 13.0 Å². The molecule has 0 aliphatic carbocycles. The molecule has 0 radical (unpaired) electrons. The highest BCUT2D eigenvalue weighted by molar-refractivity contribution is 6.41. The molecular formula is C8H11ClO3. The van der Waals surface area contributed by atoms with Gasteiger partial charge in [0.2, 0.25) is 0 Å². The van der Waals surface area contributed by atoms with E-state index >= 15 is 0 Å². The van der Waals surface area contributed by atoms with Crippen LogP contribution in [0.25, 0.3) is 0 Å². The van der Waals surface area contributed by atoms with Gasteiger partial charge in [0.05, 0.1) is 6.10 Å². The fourth-order valence-electron chi connectivity index (χ4n) is 0.437. The van der Waals surface area contributed by atoms with Gasteiger partial charge in [-0.3, -0.25) is 0 Å². The summed E-state index contributed by atoms with van der Waals surface area (Å²) in [6.07, 6.45) is 2.03.